The Labute approximate surface area is 160 Å². The van der Waals surface area contributed by atoms with Gasteiger partial charge in [0.1, 0.15) is 5.75 Å². The van der Waals surface area contributed by atoms with Crippen molar-refractivity contribution in [3.05, 3.63) is 89.8 Å². The lowest BCUT2D eigenvalue weighted by Crippen LogP contribution is -2.24. The highest BCUT2D eigenvalue weighted by Gasteiger charge is 2.10. The number of carbonyl (C=O) groups is 1. The summed E-state index contributed by atoms with van der Waals surface area (Å²) in [7, 11) is 0. The molecule has 7 heteroatoms. The number of hydrogen-bond donors (Lipinski definition) is 1. The minimum atomic E-state index is -0.993. The van der Waals surface area contributed by atoms with E-state index in [1.807, 2.05) is 6.07 Å². The fourth-order valence-corrected chi connectivity index (χ4v) is 2.45. The number of aromatic nitrogens is 2. The summed E-state index contributed by atoms with van der Waals surface area (Å²) in [5.41, 5.74) is 0.799. The molecular weight excluding hydrogens is 364 g/mol. The molecule has 0 saturated carbocycles. The van der Waals surface area contributed by atoms with Gasteiger partial charge in [0.15, 0.2) is 11.6 Å². The second-order valence-corrected chi connectivity index (χ2v) is 5.91. The number of amides is 1. The maximum absolute atomic E-state index is 13.6. The van der Waals surface area contributed by atoms with E-state index in [0.29, 0.717) is 5.75 Å². The van der Waals surface area contributed by atoms with Crippen LogP contribution in [0.3, 0.4) is 0 Å². The van der Waals surface area contributed by atoms with Crippen molar-refractivity contribution in [2.75, 3.05) is 0 Å². The summed E-state index contributed by atoms with van der Waals surface area (Å²) in [6, 6.07) is 12.5. The molecular formula is C21H17F2N3O2. The van der Waals surface area contributed by atoms with Crippen molar-refractivity contribution in [2.24, 2.45) is 0 Å². The summed E-state index contributed by atoms with van der Waals surface area (Å²) in [4.78, 5) is 20.1. The fraction of sp³-hybridized carbons (Fsp3) is 0.0952. The molecule has 1 aromatic heterocycles. The first-order chi connectivity index (χ1) is 13.5. The van der Waals surface area contributed by atoms with E-state index in [2.05, 4.69) is 15.3 Å². The molecule has 0 unspecified atom stereocenters. The van der Waals surface area contributed by atoms with Gasteiger partial charge in [0, 0.05) is 24.0 Å². The van der Waals surface area contributed by atoms with Crippen LogP contribution in [0.2, 0.25) is 0 Å². The highest BCUT2D eigenvalue weighted by Crippen LogP contribution is 2.22. The van der Waals surface area contributed by atoms with Gasteiger partial charge in [-0.3, -0.25) is 4.79 Å². The first kappa shape index (κ1) is 19.2. The lowest BCUT2D eigenvalue weighted by atomic mass is 10.1. The van der Waals surface area contributed by atoms with Crippen LogP contribution in [-0.4, -0.2) is 15.9 Å². The third kappa shape index (κ3) is 4.97. The van der Waals surface area contributed by atoms with Crippen LogP contribution in [0, 0.1) is 11.6 Å². The van der Waals surface area contributed by atoms with E-state index in [0.717, 1.165) is 17.7 Å². The molecule has 0 spiro atoms. The lowest BCUT2D eigenvalue weighted by Gasteiger charge is -2.14. The Morgan fingerprint density at radius 3 is 2.64 bits per heavy atom. The molecule has 1 amide bonds. The van der Waals surface area contributed by atoms with Crippen molar-refractivity contribution in [3.8, 4) is 11.8 Å². The van der Waals surface area contributed by atoms with Crippen molar-refractivity contribution in [1.29, 1.82) is 0 Å². The third-order valence-electron chi connectivity index (χ3n) is 3.86. The van der Waals surface area contributed by atoms with Gasteiger partial charge < -0.3 is 10.1 Å². The fourth-order valence-electron chi connectivity index (χ4n) is 2.45. The smallest absolute Gasteiger partial charge is 0.321 e. The molecule has 1 heterocycles. The Kier molecular flexibility index (Phi) is 6.06. The van der Waals surface area contributed by atoms with Crippen molar-refractivity contribution in [3.63, 3.8) is 0 Å². The minimum absolute atomic E-state index is 0.000983. The zero-order valence-corrected chi connectivity index (χ0v) is 15.0. The number of rotatable bonds is 6. The molecule has 0 fully saturated rings. The van der Waals surface area contributed by atoms with E-state index < -0.39 is 17.5 Å². The van der Waals surface area contributed by atoms with E-state index in [-0.39, 0.29) is 17.6 Å². The van der Waals surface area contributed by atoms with Crippen molar-refractivity contribution >= 4 is 12.0 Å². The van der Waals surface area contributed by atoms with Gasteiger partial charge in [0.05, 0.1) is 6.04 Å². The van der Waals surface area contributed by atoms with Crippen LogP contribution in [0.5, 0.6) is 11.8 Å². The molecule has 2 aromatic carbocycles. The first-order valence-corrected chi connectivity index (χ1v) is 8.50. The van der Waals surface area contributed by atoms with Crippen molar-refractivity contribution < 1.29 is 18.3 Å². The lowest BCUT2D eigenvalue weighted by molar-refractivity contribution is -0.117. The highest BCUT2D eigenvalue weighted by atomic mass is 19.2. The standard InChI is InChI=1S/C21H17F2N3O2/c1-14(26-19(27)10-9-15-5-3-8-18(22)20(15)23)16-6-2-7-17(13-16)28-21-24-11-4-12-25-21/h2-14H,1H3,(H,26,27)/t14-/m0/s1. The van der Waals surface area contributed by atoms with Crippen LogP contribution in [-0.2, 0) is 4.79 Å². The summed E-state index contributed by atoms with van der Waals surface area (Å²) in [5.74, 6) is -1.86. The van der Waals surface area contributed by atoms with Crippen molar-refractivity contribution in [2.45, 2.75) is 13.0 Å². The second kappa shape index (κ2) is 8.85. The molecule has 0 radical (unpaired) electrons. The average Bonchev–Trinajstić information content (AvgIpc) is 2.70. The van der Waals surface area contributed by atoms with Crippen LogP contribution < -0.4 is 10.1 Å². The summed E-state index contributed by atoms with van der Waals surface area (Å²) in [5, 5.41) is 2.76. The maximum Gasteiger partial charge on any atom is 0.321 e. The molecule has 1 N–H and O–H groups in total. The maximum atomic E-state index is 13.6. The van der Waals surface area contributed by atoms with E-state index in [9.17, 15) is 13.6 Å². The van der Waals surface area contributed by atoms with E-state index in [4.69, 9.17) is 4.74 Å². The number of ether oxygens (including phenoxy) is 1. The number of nitrogens with zero attached hydrogens (tertiary/aromatic N) is 2. The quantitative estimate of drug-likeness (QED) is 0.641. The zero-order valence-electron chi connectivity index (χ0n) is 15.0. The summed E-state index contributed by atoms with van der Waals surface area (Å²) >= 11 is 0. The first-order valence-electron chi connectivity index (χ1n) is 8.50. The van der Waals surface area contributed by atoms with Crippen LogP contribution in [0.1, 0.15) is 24.1 Å². The predicted octanol–water partition coefficient (Wildman–Crippen LogP) is 4.44. The Balaban J connectivity index is 1.64. The average molecular weight is 381 g/mol. The van der Waals surface area contributed by atoms with Gasteiger partial charge in [-0.15, -0.1) is 0 Å². The Morgan fingerprint density at radius 1 is 1.11 bits per heavy atom. The Bertz CT molecular complexity index is 994. The molecule has 5 nitrogen and oxygen atoms in total. The SMILES string of the molecule is C[C@H](NC(=O)C=Cc1cccc(F)c1F)c1cccc(Oc2ncccn2)c1. The van der Waals surface area contributed by atoms with Gasteiger partial charge in [0.2, 0.25) is 5.91 Å². The molecule has 0 aliphatic heterocycles. The number of nitrogens with one attached hydrogen (secondary N) is 1. The molecule has 3 aromatic rings. The van der Waals surface area contributed by atoms with Gasteiger partial charge in [-0.2, -0.15) is 0 Å². The molecule has 28 heavy (non-hydrogen) atoms. The van der Waals surface area contributed by atoms with E-state index >= 15 is 0 Å². The number of hydrogen-bond acceptors (Lipinski definition) is 4. The number of halogens is 2. The molecule has 0 aliphatic carbocycles. The van der Waals surface area contributed by atoms with E-state index in [1.54, 1.807) is 43.6 Å². The summed E-state index contributed by atoms with van der Waals surface area (Å²) in [6.07, 6.45) is 5.53. The van der Waals surface area contributed by atoms with Gasteiger partial charge in [-0.1, -0.05) is 24.3 Å². The van der Waals surface area contributed by atoms with Gasteiger partial charge in [0.25, 0.3) is 0 Å². The monoisotopic (exact) mass is 381 g/mol. The summed E-state index contributed by atoms with van der Waals surface area (Å²) < 4.78 is 32.4. The van der Waals surface area contributed by atoms with Crippen molar-refractivity contribution in [1.82, 2.24) is 15.3 Å². The van der Waals surface area contributed by atoms with Gasteiger partial charge >= 0.3 is 6.01 Å². The minimum Gasteiger partial charge on any atom is -0.424 e. The zero-order chi connectivity index (χ0) is 19.9. The molecule has 0 saturated heterocycles. The normalized spacial score (nSPS) is 12.0. The molecule has 0 bridgehead atoms. The second-order valence-electron chi connectivity index (χ2n) is 5.91. The van der Waals surface area contributed by atoms with Gasteiger partial charge in [-0.05, 0) is 42.8 Å². The topological polar surface area (TPSA) is 64.1 Å². The van der Waals surface area contributed by atoms with Crippen LogP contribution in [0.15, 0.2) is 67.0 Å². The molecule has 3 rings (SSSR count). The highest BCUT2D eigenvalue weighted by molar-refractivity contribution is 5.92. The van der Waals surface area contributed by atoms with Crippen LogP contribution in [0.4, 0.5) is 8.78 Å². The van der Waals surface area contributed by atoms with Crippen LogP contribution >= 0.6 is 0 Å². The number of benzene rings is 2. The van der Waals surface area contributed by atoms with Gasteiger partial charge in [-0.25, -0.2) is 18.7 Å². The third-order valence-corrected chi connectivity index (χ3v) is 3.86. The largest absolute Gasteiger partial charge is 0.424 e. The predicted molar refractivity (Wildman–Crippen MR) is 100 cm³/mol. The molecule has 1 atom stereocenters. The Hall–Kier alpha value is -3.61. The summed E-state index contributed by atoms with van der Waals surface area (Å²) in [6.45, 7) is 1.80. The Morgan fingerprint density at radius 2 is 1.86 bits per heavy atom. The van der Waals surface area contributed by atoms with Crippen LogP contribution in [0.25, 0.3) is 6.08 Å². The molecule has 0 aliphatic rings. The van der Waals surface area contributed by atoms with E-state index in [1.165, 1.54) is 18.2 Å². The molecule has 142 valence electrons. The number of carbonyl (C=O) groups excluding carboxylic acids is 1.